The summed E-state index contributed by atoms with van der Waals surface area (Å²) in [5.74, 6) is -0.00310. The fourth-order valence-corrected chi connectivity index (χ4v) is 3.09. The van der Waals surface area contributed by atoms with Gasteiger partial charge in [0.05, 0.1) is 24.4 Å². The van der Waals surface area contributed by atoms with Gasteiger partial charge in [-0.25, -0.2) is 0 Å². The van der Waals surface area contributed by atoms with Crippen LogP contribution in [0.5, 0.6) is 0 Å². The van der Waals surface area contributed by atoms with Crippen molar-refractivity contribution in [2.45, 2.75) is 43.6 Å². The lowest BCUT2D eigenvalue weighted by molar-refractivity contribution is -0.124. The SMILES string of the molecule is CNC(C(=O)N[C@@H]1C[C@H]2CC[C@@H]1O2)c1cnn(C)c1.Cl. The van der Waals surface area contributed by atoms with Crippen LogP contribution in [-0.2, 0) is 16.6 Å². The van der Waals surface area contributed by atoms with E-state index in [-0.39, 0.29) is 36.5 Å². The highest BCUT2D eigenvalue weighted by atomic mass is 35.5. The molecular formula is C13H21ClN4O2. The summed E-state index contributed by atoms with van der Waals surface area (Å²) in [4.78, 5) is 12.4. The van der Waals surface area contributed by atoms with E-state index in [1.807, 2.05) is 13.2 Å². The van der Waals surface area contributed by atoms with E-state index in [1.54, 1.807) is 17.9 Å². The molecule has 4 atom stereocenters. The number of aromatic nitrogens is 2. The zero-order chi connectivity index (χ0) is 13.4. The number of rotatable bonds is 4. The third-order valence-electron chi connectivity index (χ3n) is 4.04. The number of nitrogens with one attached hydrogen (secondary N) is 2. The van der Waals surface area contributed by atoms with E-state index in [4.69, 9.17) is 4.74 Å². The van der Waals surface area contributed by atoms with Gasteiger partial charge in [0.1, 0.15) is 6.04 Å². The van der Waals surface area contributed by atoms with Crippen LogP contribution in [0.3, 0.4) is 0 Å². The minimum atomic E-state index is -0.354. The second-order valence-electron chi connectivity index (χ2n) is 5.39. The number of hydrogen-bond acceptors (Lipinski definition) is 4. The van der Waals surface area contributed by atoms with Gasteiger partial charge in [-0.1, -0.05) is 0 Å². The largest absolute Gasteiger partial charge is 0.373 e. The number of amides is 1. The fraction of sp³-hybridized carbons (Fsp3) is 0.692. The van der Waals surface area contributed by atoms with Crippen molar-refractivity contribution in [2.75, 3.05) is 7.05 Å². The molecule has 2 bridgehead atoms. The van der Waals surface area contributed by atoms with Crippen LogP contribution in [0.1, 0.15) is 30.9 Å². The molecule has 0 radical (unpaired) electrons. The monoisotopic (exact) mass is 300 g/mol. The zero-order valence-corrected chi connectivity index (χ0v) is 12.5. The van der Waals surface area contributed by atoms with Gasteiger partial charge >= 0.3 is 0 Å². The first-order chi connectivity index (χ1) is 9.17. The standard InChI is InChI=1S/C13H20N4O2.ClH/c1-14-12(8-6-15-17(2)7-8)13(18)16-10-5-9-3-4-11(10)19-9;/h6-7,9-12,14H,3-5H2,1-2H3,(H,16,18);1H/t9-,10-,11+,12?;/m1./s1. The summed E-state index contributed by atoms with van der Waals surface area (Å²) in [7, 11) is 3.63. The molecule has 0 aliphatic carbocycles. The van der Waals surface area contributed by atoms with Gasteiger partial charge in [-0.3, -0.25) is 9.48 Å². The van der Waals surface area contributed by atoms with Gasteiger partial charge in [0.25, 0.3) is 0 Å². The van der Waals surface area contributed by atoms with E-state index in [9.17, 15) is 4.79 Å². The first-order valence-corrected chi connectivity index (χ1v) is 6.79. The topological polar surface area (TPSA) is 68.2 Å². The maximum Gasteiger partial charge on any atom is 0.242 e. The average molecular weight is 301 g/mol. The third-order valence-corrected chi connectivity index (χ3v) is 4.04. The van der Waals surface area contributed by atoms with Crippen LogP contribution in [0.25, 0.3) is 0 Å². The van der Waals surface area contributed by atoms with Gasteiger partial charge < -0.3 is 15.4 Å². The van der Waals surface area contributed by atoms with Crippen LogP contribution in [0.4, 0.5) is 0 Å². The van der Waals surface area contributed by atoms with E-state index < -0.39 is 0 Å². The molecule has 1 unspecified atom stereocenters. The normalized spacial score (nSPS) is 29.0. The molecule has 3 heterocycles. The molecule has 1 aromatic heterocycles. The second-order valence-corrected chi connectivity index (χ2v) is 5.39. The summed E-state index contributed by atoms with van der Waals surface area (Å²) in [6, 6.07) is -0.188. The summed E-state index contributed by atoms with van der Waals surface area (Å²) in [6.45, 7) is 0. The van der Waals surface area contributed by atoms with Crippen molar-refractivity contribution < 1.29 is 9.53 Å². The summed E-state index contributed by atoms with van der Waals surface area (Å²) in [5, 5.41) is 10.3. The van der Waals surface area contributed by atoms with Crippen molar-refractivity contribution in [1.82, 2.24) is 20.4 Å². The predicted molar refractivity (Wildman–Crippen MR) is 76.7 cm³/mol. The van der Waals surface area contributed by atoms with Gasteiger partial charge in [-0.2, -0.15) is 5.10 Å². The number of carbonyl (C=O) groups is 1. The van der Waals surface area contributed by atoms with Gasteiger partial charge in [0.15, 0.2) is 0 Å². The smallest absolute Gasteiger partial charge is 0.242 e. The van der Waals surface area contributed by atoms with Crippen molar-refractivity contribution in [3.05, 3.63) is 18.0 Å². The highest BCUT2D eigenvalue weighted by Crippen LogP contribution is 2.34. The van der Waals surface area contributed by atoms with Crippen LogP contribution < -0.4 is 10.6 Å². The van der Waals surface area contributed by atoms with Crippen molar-refractivity contribution in [1.29, 1.82) is 0 Å². The Balaban J connectivity index is 0.00000147. The van der Waals surface area contributed by atoms with Gasteiger partial charge in [-0.15, -0.1) is 12.4 Å². The first kappa shape index (κ1) is 15.3. The molecule has 2 aliphatic rings. The molecule has 0 saturated carbocycles. The Labute approximate surface area is 124 Å². The van der Waals surface area contributed by atoms with Crippen LogP contribution in [0, 0.1) is 0 Å². The molecule has 7 heteroatoms. The van der Waals surface area contributed by atoms with E-state index in [1.165, 1.54) is 0 Å². The quantitative estimate of drug-likeness (QED) is 0.851. The van der Waals surface area contributed by atoms with E-state index >= 15 is 0 Å². The minimum Gasteiger partial charge on any atom is -0.373 e. The summed E-state index contributed by atoms with van der Waals surface area (Å²) in [5.41, 5.74) is 0.881. The van der Waals surface area contributed by atoms with Crippen molar-refractivity contribution >= 4 is 18.3 Å². The Hall–Kier alpha value is -1.11. The third kappa shape index (κ3) is 2.82. The Bertz CT molecular complexity index is 479. The van der Waals surface area contributed by atoms with Crippen LogP contribution in [0.2, 0.25) is 0 Å². The van der Waals surface area contributed by atoms with E-state index in [0.29, 0.717) is 6.10 Å². The molecule has 112 valence electrons. The second kappa shape index (κ2) is 6.11. The molecule has 0 spiro atoms. The summed E-state index contributed by atoms with van der Waals surface area (Å²) in [6.07, 6.45) is 7.28. The number of fused-ring (bicyclic) bond motifs is 2. The first-order valence-electron chi connectivity index (χ1n) is 6.79. The van der Waals surface area contributed by atoms with Crippen LogP contribution >= 0.6 is 12.4 Å². The highest BCUT2D eigenvalue weighted by Gasteiger charge is 2.42. The number of likely N-dealkylation sites (N-methyl/N-ethyl adjacent to an activating group) is 1. The summed E-state index contributed by atoms with van der Waals surface area (Å²) < 4.78 is 7.46. The van der Waals surface area contributed by atoms with Gasteiger partial charge in [-0.05, 0) is 26.3 Å². The maximum absolute atomic E-state index is 12.4. The minimum absolute atomic E-state index is 0. The lowest BCUT2D eigenvalue weighted by Crippen LogP contribution is -2.45. The lowest BCUT2D eigenvalue weighted by atomic mass is 9.95. The molecular weight excluding hydrogens is 280 g/mol. The molecule has 2 fully saturated rings. The molecule has 1 aromatic rings. The zero-order valence-electron chi connectivity index (χ0n) is 11.7. The van der Waals surface area contributed by atoms with Crippen molar-refractivity contribution in [2.24, 2.45) is 7.05 Å². The van der Waals surface area contributed by atoms with E-state index in [0.717, 1.165) is 24.8 Å². The molecule has 3 rings (SSSR count). The maximum atomic E-state index is 12.4. The number of nitrogens with zero attached hydrogens (tertiary/aromatic N) is 2. The molecule has 2 saturated heterocycles. The molecule has 2 N–H and O–H groups in total. The number of carbonyl (C=O) groups excluding carboxylic acids is 1. The highest BCUT2D eigenvalue weighted by molar-refractivity contribution is 5.85. The predicted octanol–water partition coefficient (Wildman–Crippen LogP) is 0.538. The Morgan fingerprint density at radius 1 is 1.55 bits per heavy atom. The van der Waals surface area contributed by atoms with Crippen LogP contribution in [0.15, 0.2) is 12.4 Å². The molecule has 1 amide bonds. The molecule has 20 heavy (non-hydrogen) atoms. The Morgan fingerprint density at radius 3 is 2.85 bits per heavy atom. The van der Waals surface area contributed by atoms with Gasteiger partial charge in [0, 0.05) is 18.8 Å². The Kier molecular flexibility index (Phi) is 4.67. The molecule has 0 aromatic carbocycles. The number of aryl methyl sites for hydroxylation is 1. The number of hydrogen-bond donors (Lipinski definition) is 2. The molecule has 6 nitrogen and oxygen atoms in total. The fourth-order valence-electron chi connectivity index (χ4n) is 3.09. The summed E-state index contributed by atoms with van der Waals surface area (Å²) >= 11 is 0. The van der Waals surface area contributed by atoms with Crippen molar-refractivity contribution in [3.8, 4) is 0 Å². The average Bonchev–Trinajstić information content (AvgIpc) is 3.07. The van der Waals surface area contributed by atoms with Gasteiger partial charge in [0.2, 0.25) is 5.91 Å². The van der Waals surface area contributed by atoms with E-state index in [2.05, 4.69) is 15.7 Å². The van der Waals surface area contributed by atoms with Crippen LogP contribution in [-0.4, -0.2) is 41.0 Å². The number of ether oxygens (including phenoxy) is 1. The Morgan fingerprint density at radius 2 is 2.35 bits per heavy atom. The van der Waals surface area contributed by atoms with Crippen molar-refractivity contribution in [3.63, 3.8) is 0 Å². The number of halogens is 1. The molecule has 2 aliphatic heterocycles. The lowest BCUT2D eigenvalue weighted by Gasteiger charge is -2.23.